The molecule has 0 saturated carbocycles. The highest BCUT2D eigenvalue weighted by Gasteiger charge is 2.18. The summed E-state index contributed by atoms with van der Waals surface area (Å²) in [7, 11) is 1.66. The van der Waals surface area contributed by atoms with Crippen LogP contribution in [0.15, 0.2) is 64.5 Å². The van der Waals surface area contributed by atoms with Gasteiger partial charge in [-0.05, 0) is 65.9 Å². The van der Waals surface area contributed by atoms with Crippen LogP contribution in [-0.4, -0.2) is 23.0 Å². The molecule has 0 amide bonds. The number of aryl methyl sites for hydroxylation is 1. The lowest BCUT2D eigenvalue weighted by Gasteiger charge is -2.17. The minimum absolute atomic E-state index is 0.222. The number of aromatic nitrogens is 2. The third-order valence-corrected chi connectivity index (χ3v) is 6.20. The molecule has 1 heterocycles. The average molecular weight is 480 g/mol. The van der Waals surface area contributed by atoms with E-state index < -0.39 is 0 Å². The van der Waals surface area contributed by atoms with E-state index in [1.807, 2.05) is 37.3 Å². The highest BCUT2D eigenvalue weighted by atomic mass is 35.5. The van der Waals surface area contributed by atoms with E-state index >= 15 is 0 Å². The first-order valence-electron chi connectivity index (χ1n) is 10.5. The second kappa shape index (κ2) is 9.38. The molecule has 4 aromatic rings. The van der Waals surface area contributed by atoms with Crippen LogP contribution in [0.3, 0.4) is 0 Å². The largest absolute Gasteiger partial charge is 0.496 e. The molecule has 0 N–H and O–H groups in total. The Morgan fingerprint density at radius 2 is 1.82 bits per heavy atom. The second-order valence-corrected chi connectivity index (χ2v) is 8.87. The zero-order valence-corrected chi connectivity index (χ0v) is 20.3. The number of ether oxygens (including phenoxy) is 1. The molecule has 0 radical (unpaired) electrons. The van der Waals surface area contributed by atoms with E-state index in [1.54, 1.807) is 37.6 Å². The van der Waals surface area contributed by atoms with Crippen LogP contribution in [0.25, 0.3) is 22.3 Å². The summed E-state index contributed by atoms with van der Waals surface area (Å²) in [6.07, 6.45) is 1.58. The van der Waals surface area contributed by atoms with Crippen LogP contribution in [0.1, 0.15) is 36.5 Å². The van der Waals surface area contributed by atoms with Crippen molar-refractivity contribution in [2.45, 2.75) is 26.7 Å². The van der Waals surface area contributed by atoms with E-state index in [0.29, 0.717) is 32.3 Å². The van der Waals surface area contributed by atoms with Crippen LogP contribution in [-0.2, 0) is 0 Å². The molecule has 4 rings (SSSR count). The molecular weight excluding hydrogens is 457 g/mol. The number of nitrogens with zero attached hydrogens (tertiary/aromatic N) is 3. The van der Waals surface area contributed by atoms with Crippen molar-refractivity contribution in [3.8, 4) is 17.1 Å². The summed E-state index contributed by atoms with van der Waals surface area (Å²) in [5, 5.41) is 5.87. The lowest BCUT2D eigenvalue weighted by Crippen LogP contribution is -2.20. The average Bonchev–Trinajstić information content (AvgIpc) is 2.80. The van der Waals surface area contributed by atoms with Gasteiger partial charge in [-0.25, -0.2) is 4.98 Å². The predicted molar refractivity (Wildman–Crippen MR) is 136 cm³/mol. The molecule has 0 aliphatic rings. The predicted octanol–water partition coefficient (Wildman–Crippen LogP) is 6.69. The maximum Gasteiger partial charge on any atom is 0.282 e. The molecule has 0 aliphatic carbocycles. The molecule has 0 aliphatic heterocycles. The summed E-state index contributed by atoms with van der Waals surface area (Å²) in [6.45, 7) is 6.16. The van der Waals surface area contributed by atoms with Gasteiger partial charge in [-0.1, -0.05) is 55.2 Å². The molecule has 7 heteroatoms. The summed E-state index contributed by atoms with van der Waals surface area (Å²) in [6, 6.07) is 16.4. The zero-order valence-electron chi connectivity index (χ0n) is 18.8. The molecular formula is C26H23Cl2N3O2. The van der Waals surface area contributed by atoms with Gasteiger partial charge in [0.2, 0.25) is 0 Å². The van der Waals surface area contributed by atoms with Gasteiger partial charge in [0, 0.05) is 5.56 Å². The van der Waals surface area contributed by atoms with Gasteiger partial charge in [-0.3, -0.25) is 4.79 Å². The van der Waals surface area contributed by atoms with Crippen molar-refractivity contribution in [2.75, 3.05) is 7.11 Å². The number of fused-ring (bicyclic) bond motifs is 1. The van der Waals surface area contributed by atoms with Crippen LogP contribution < -0.4 is 10.3 Å². The van der Waals surface area contributed by atoms with Crippen molar-refractivity contribution >= 4 is 40.3 Å². The second-order valence-electron chi connectivity index (χ2n) is 8.05. The zero-order chi connectivity index (χ0) is 23.7. The summed E-state index contributed by atoms with van der Waals surface area (Å²) >= 11 is 12.2. The smallest absolute Gasteiger partial charge is 0.282 e. The van der Waals surface area contributed by atoms with Crippen LogP contribution in [0.5, 0.6) is 5.75 Å². The van der Waals surface area contributed by atoms with Gasteiger partial charge >= 0.3 is 0 Å². The number of rotatable bonds is 5. The maximum atomic E-state index is 13.5. The summed E-state index contributed by atoms with van der Waals surface area (Å²) in [5.74, 6) is 1.48. The fourth-order valence-corrected chi connectivity index (χ4v) is 4.00. The lowest BCUT2D eigenvalue weighted by molar-refractivity contribution is 0.407. The number of hydrogen-bond acceptors (Lipinski definition) is 4. The van der Waals surface area contributed by atoms with Crippen LogP contribution in [0.2, 0.25) is 10.0 Å². The normalized spacial score (nSPS) is 11.6. The summed E-state index contributed by atoms with van der Waals surface area (Å²) < 4.78 is 6.92. The van der Waals surface area contributed by atoms with Crippen molar-refractivity contribution in [3.05, 3.63) is 91.7 Å². The number of halogens is 2. The Balaban J connectivity index is 1.98. The van der Waals surface area contributed by atoms with Gasteiger partial charge in [0.15, 0.2) is 5.82 Å². The quantitative estimate of drug-likeness (QED) is 0.299. The Kier molecular flexibility index (Phi) is 6.54. The minimum atomic E-state index is -0.256. The van der Waals surface area contributed by atoms with Gasteiger partial charge in [0.1, 0.15) is 5.75 Å². The Labute approximate surface area is 202 Å². The van der Waals surface area contributed by atoms with E-state index in [1.165, 1.54) is 4.68 Å². The number of hydrogen-bond donors (Lipinski definition) is 0. The standard InChI is InChI=1S/C26H23Cl2N3O2/c1-15(2)19-13-20(16(3)11-24(19)33-4)25-30-23-8-6-5-7-18(23)26(32)31(25)29-14-17-9-10-21(27)22(28)12-17/h5-15H,1-4H3. The van der Waals surface area contributed by atoms with E-state index in [2.05, 4.69) is 18.9 Å². The molecule has 3 aromatic carbocycles. The van der Waals surface area contributed by atoms with Crippen molar-refractivity contribution in [3.63, 3.8) is 0 Å². The Morgan fingerprint density at radius 3 is 2.52 bits per heavy atom. The number of para-hydroxylation sites is 1. The summed E-state index contributed by atoms with van der Waals surface area (Å²) in [5.41, 5.74) is 3.84. The fourth-order valence-electron chi connectivity index (χ4n) is 3.69. The first kappa shape index (κ1) is 23.0. The van der Waals surface area contributed by atoms with Gasteiger partial charge in [-0.2, -0.15) is 9.78 Å². The van der Waals surface area contributed by atoms with Crippen molar-refractivity contribution in [1.82, 2.24) is 9.66 Å². The Bertz CT molecular complexity index is 1440. The number of methoxy groups -OCH3 is 1. The lowest BCUT2D eigenvalue weighted by atomic mass is 9.96. The molecule has 0 bridgehead atoms. The fraction of sp³-hybridized carbons (Fsp3) is 0.192. The van der Waals surface area contributed by atoms with Crippen LogP contribution in [0.4, 0.5) is 0 Å². The molecule has 1 aromatic heterocycles. The van der Waals surface area contributed by atoms with Gasteiger partial charge < -0.3 is 4.74 Å². The molecule has 168 valence electrons. The monoisotopic (exact) mass is 479 g/mol. The molecule has 0 saturated heterocycles. The third-order valence-electron chi connectivity index (χ3n) is 5.46. The molecule has 33 heavy (non-hydrogen) atoms. The van der Waals surface area contributed by atoms with Gasteiger partial charge in [0.25, 0.3) is 5.56 Å². The Hall–Kier alpha value is -3.15. The van der Waals surface area contributed by atoms with E-state index in [-0.39, 0.29) is 11.5 Å². The first-order valence-corrected chi connectivity index (χ1v) is 11.3. The third kappa shape index (κ3) is 4.52. The van der Waals surface area contributed by atoms with Crippen molar-refractivity contribution in [1.29, 1.82) is 0 Å². The van der Waals surface area contributed by atoms with Crippen molar-refractivity contribution < 1.29 is 4.74 Å². The van der Waals surface area contributed by atoms with Crippen LogP contribution in [0, 0.1) is 6.92 Å². The van der Waals surface area contributed by atoms with E-state index in [4.69, 9.17) is 32.9 Å². The molecule has 5 nitrogen and oxygen atoms in total. The topological polar surface area (TPSA) is 56.5 Å². The van der Waals surface area contributed by atoms with E-state index in [9.17, 15) is 4.79 Å². The highest BCUT2D eigenvalue weighted by Crippen LogP contribution is 2.34. The SMILES string of the molecule is COc1cc(C)c(-c2nc3ccccc3c(=O)n2N=Cc2ccc(Cl)c(Cl)c2)cc1C(C)C. The van der Waals surface area contributed by atoms with Crippen molar-refractivity contribution in [2.24, 2.45) is 5.10 Å². The molecule has 0 spiro atoms. The first-order chi connectivity index (χ1) is 15.8. The molecule has 0 unspecified atom stereocenters. The molecule has 0 fully saturated rings. The maximum absolute atomic E-state index is 13.5. The van der Waals surface area contributed by atoms with Crippen LogP contribution >= 0.6 is 23.2 Å². The van der Waals surface area contributed by atoms with Gasteiger partial charge in [0.05, 0.1) is 34.3 Å². The Morgan fingerprint density at radius 1 is 1.06 bits per heavy atom. The van der Waals surface area contributed by atoms with E-state index in [0.717, 1.165) is 22.4 Å². The molecule has 0 atom stereocenters. The van der Waals surface area contributed by atoms with Gasteiger partial charge in [-0.15, -0.1) is 0 Å². The highest BCUT2D eigenvalue weighted by molar-refractivity contribution is 6.42. The summed E-state index contributed by atoms with van der Waals surface area (Å²) in [4.78, 5) is 18.3. The number of benzene rings is 3. The minimum Gasteiger partial charge on any atom is -0.496 e.